The predicted octanol–water partition coefficient (Wildman–Crippen LogP) is 10.7. The highest BCUT2D eigenvalue weighted by Crippen LogP contribution is 2.62. The van der Waals surface area contributed by atoms with Crippen LogP contribution < -0.4 is 0 Å². The molecule has 6 heteroatoms. The number of alkyl halides is 5. The minimum atomic E-state index is -5.44. The number of fused-ring (bicyclic) bond motifs is 5. The summed E-state index contributed by atoms with van der Waals surface area (Å²) in [6.45, 7) is 6.48. The van der Waals surface area contributed by atoms with E-state index in [2.05, 4.69) is 44.2 Å². The number of unbranched alkanes of at least 4 members (excludes halogenated alkanes) is 4. The smallest absolute Gasteiger partial charge is 0.393 e. The SMILES string of the molecule is Cc1ccc2c(c1)C[C@@H](CC=CCCCCCCC(C)CCCC(F)(F)C(F)(F)F)C1C2CC[C@@]2(C)C1CC[C@@H]2O. The van der Waals surface area contributed by atoms with Crippen molar-refractivity contribution < 1.29 is 27.1 Å². The standard InChI is InChI=1S/C35H51F5O/c1-24(13-11-20-34(36,37)35(38,39)40)12-9-7-5-4-6-8-10-14-26-23-27-22-25(2)15-16-28(27)29-19-21-33(3)30(32(26)29)17-18-31(33)41/h8,10,15-16,22,24,26,29-32,41H,4-7,9,11-14,17-21,23H2,1-3H3/t24?,26-,29?,30?,31+,32?,33+/m1/s1. The van der Waals surface area contributed by atoms with Crippen LogP contribution in [0.2, 0.25) is 0 Å². The Hall–Kier alpha value is -1.43. The molecule has 7 atom stereocenters. The number of aliphatic hydroxyl groups excluding tert-OH is 1. The fourth-order valence-electron chi connectivity index (χ4n) is 8.58. The van der Waals surface area contributed by atoms with Gasteiger partial charge in [-0.3, -0.25) is 0 Å². The molecule has 0 bridgehead atoms. The van der Waals surface area contributed by atoms with Gasteiger partial charge < -0.3 is 5.11 Å². The molecule has 1 aromatic carbocycles. The van der Waals surface area contributed by atoms with Crippen molar-refractivity contribution in [2.75, 3.05) is 0 Å². The van der Waals surface area contributed by atoms with Crippen LogP contribution in [0.5, 0.6) is 0 Å². The highest BCUT2D eigenvalue weighted by atomic mass is 19.4. The second-order valence-corrected chi connectivity index (χ2v) is 14.0. The van der Waals surface area contributed by atoms with Crippen LogP contribution in [-0.2, 0) is 6.42 Å². The van der Waals surface area contributed by atoms with Gasteiger partial charge in [-0.1, -0.05) is 81.9 Å². The summed E-state index contributed by atoms with van der Waals surface area (Å²) in [4.78, 5) is 0. The van der Waals surface area contributed by atoms with Crippen molar-refractivity contribution in [1.29, 1.82) is 0 Å². The Morgan fingerprint density at radius 1 is 0.976 bits per heavy atom. The molecule has 0 aromatic heterocycles. The van der Waals surface area contributed by atoms with E-state index < -0.39 is 18.5 Å². The zero-order valence-corrected chi connectivity index (χ0v) is 25.3. The van der Waals surface area contributed by atoms with E-state index in [4.69, 9.17) is 0 Å². The van der Waals surface area contributed by atoms with Gasteiger partial charge in [0.25, 0.3) is 0 Å². The van der Waals surface area contributed by atoms with Gasteiger partial charge in [0.05, 0.1) is 6.10 Å². The Morgan fingerprint density at radius 3 is 2.46 bits per heavy atom. The average molecular weight is 583 g/mol. The molecule has 41 heavy (non-hydrogen) atoms. The van der Waals surface area contributed by atoms with E-state index in [0.717, 1.165) is 70.6 Å². The fraction of sp³-hybridized carbons (Fsp3) is 0.771. The molecular weight excluding hydrogens is 531 g/mol. The molecule has 0 spiro atoms. The number of hydrogen-bond donors (Lipinski definition) is 1. The Labute approximate surface area is 244 Å². The van der Waals surface area contributed by atoms with Crippen molar-refractivity contribution in [3.63, 3.8) is 0 Å². The van der Waals surface area contributed by atoms with Gasteiger partial charge in [0.15, 0.2) is 0 Å². The molecule has 1 aromatic rings. The van der Waals surface area contributed by atoms with Gasteiger partial charge in [-0.2, -0.15) is 22.0 Å². The van der Waals surface area contributed by atoms with Gasteiger partial charge in [0, 0.05) is 6.42 Å². The van der Waals surface area contributed by atoms with E-state index in [1.807, 2.05) is 6.92 Å². The second kappa shape index (κ2) is 13.5. The average Bonchev–Trinajstić information content (AvgIpc) is 3.20. The first-order valence-corrected chi connectivity index (χ1v) is 16.2. The summed E-state index contributed by atoms with van der Waals surface area (Å²) in [5.41, 5.74) is 4.51. The lowest BCUT2D eigenvalue weighted by Crippen LogP contribution is -2.47. The van der Waals surface area contributed by atoms with Gasteiger partial charge in [-0.15, -0.1) is 0 Å². The lowest BCUT2D eigenvalue weighted by molar-refractivity contribution is -0.284. The van der Waals surface area contributed by atoms with Crippen LogP contribution in [-0.4, -0.2) is 23.3 Å². The number of halogens is 5. The van der Waals surface area contributed by atoms with Gasteiger partial charge in [0.2, 0.25) is 0 Å². The molecule has 0 amide bonds. The number of aliphatic hydroxyl groups is 1. The lowest BCUT2D eigenvalue weighted by atomic mass is 9.52. The molecule has 4 unspecified atom stereocenters. The van der Waals surface area contributed by atoms with Gasteiger partial charge in [0.1, 0.15) is 0 Å². The van der Waals surface area contributed by atoms with Crippen LogP contribution in [0.1, 0.15) is 126 Å². The maximum Gasteiger partial charge on any atom is 0.453 e. The lowest BCUT2D eigenvalue weighted by Gasteiger charge is -2.53. The minimum absolute atomic E-state index is 0.0664. The molecule has 0 heterocycles. The Kier molecular flexibility index (Phi) is 10.7. The van der Waals surface area contributed by atoms with Gasteiger partial charge in [-0.25, -0.2) is 0 Å². The van der Waals surface area contributed by atoms with Crippen LogP contribution in [0.25, 0.3) is 0 Å². The maximum atomic E-state index is 13.1. The van der Waals surface area contributed by atoms with Crippen LogP contribution in [0, 0.1) is 36.0 Å². The largest absolute Gasteiger partial charge is 0.453 e. The maximum absolute atomic E-state index is 13.1. The quantitative estimate of drug-likeness (QED) is 0.139. The molecule has 0 radical (unpaired) electrons. The summed E-state index contributed by atoms with van der Waals surface area (Å²) in [6, 6.07) is 7.06. The summed E-state index contributed by atoms with van der Waals surface area (Å²) in [5.74, 6) is -1.91. The topological polar surface area (TPSA) is 20.2 Å². The summed E-state index contributed by atoms with van der Waals surface area (Å²) >= 11 is 0. The number of aryl methyl sites for hydroxylation is 1. The molecular formula is C35H51F5O. The minimum Gasteiger partial charge on any atom is -0.393 e. The molecule has 232 valence electrons. The first-order valence-electron chi connectivity index (χ1n) is 16.2. The molecule has 0 saturated heterocycles. The third-order valence-corrected chi connectivity index (χ3v) is 11.0. The second-order valence-electron chi connectivity index (χ2n) is 14.0. The molecule has 3 aliphatic carbocycles. The Bertz CT molecular complexity index is 1020. The van der Waals surface area contributed by atoms with Crippen molar-refractivity contribution >= 4 is 0 Å². The molecule has 1 N–H and O–H groups in total. The fourth-order valence-corrected chi connectivity index (χ4v) is 8.58. The van der Waals surface area contributed by atoms with Crippen molar-refractivity contribution in [2.45, 2.75) is 141 Å². The van der Waals surface area contributed by atoms with Crippen molar-refractivity contribution in [3.05, 3.63) is 47.0 Å². The molecule has 2 fully saturated rings. The van der Waals surface area contributed by atoms with E-state index >= 15 is 0 Å². The molecule has 0 aliphatic heterocycles. The van der Waals surface area contributed by atoms with Gasteiger partial charge in [-0.05, 0) is 111 Å². The molecule has 1 nitrogen and oxygen atoms in total. The molecule has 3 aliphatic rings. The van der Waals surface area contributed by atoms with Gasteiger partial charge >= 0.3 is 12.1 Å². The molecule has 2 saturated carbocycles. The van der Waals surface area contributed by atoms with E-state index in [-0.39, 0.29) is 23.9 Å². The summed E-state index contributed by atoms with van der Waals surface area (Å²) < 4.78 is 63.0. The summed E-state index contributed by atoms with van der Waals surface area (Å²) in [7, 11) is 0. The van der Waals surface area contributed by atoms with Crippen LogP contribution in [0.15, 0.2) is 30.4 Å². The first-order chi connectivity index (χ1) is 19.3. The number of benzene rings is 1. The predicted molar refractivity (Wildman–Crippen MR) is 156 cm³/mol. The van der Waals surface area contributed by atoms with Crippen molar-refractivity contribution in [2.24, 2.45) is 29.1 Å². The van der Waals surface area contributed by atoms with Crippen LogP contribution in [0.4, 0.5) is 22.0 Å². The third-order valence-electron chi connectivity index (χ3n) is 11.0. The monoisotopic (exact) mass is 582 g/mol. The number of rotatable bonds is 13. The van der Waals surface area contributed by atoms with Crippen LogP contribution in [0.3, 0.4) is 0 Å². The number of hydrogen-bond acceptors (Lipinski definition) is 1. The van der Waals surface area contributed by atoms with Crippen molar-refractivity contribution in [1.82, 2.24) is 0 Å². The molecule has 4 rings (SSSR count). The third kappa shape index (κ3) is 7.57. The zero-order chi connectivity index (χ0) is 29.8. The number of allylic oxidation sites excluding steroid dienone is 2. The Balaban J connectivity index is 1.18. The van der Waals surface area contributed by atoms with E-state index in [0.29, 0.717) is 30.1 Å². The normalized spacial score (nSPS) is 30.7. The first kappa shape index (κ1) is 32.5. The Morgan fingerprint density at radius 2 is 1.71 bits per heavy atom. The van der Waals surface area contributed by atoms with E-state index in [1.54, 1.807) is 5.56 Å². The van der Waals surface area contributed by atoms with E-state index in [1.165, 1.54) is 17.5 Å². The highest BCUT2D eigenvalue weighted by Gasteiger charge is 2.57. The highest BCUT2D eigenvalue weighted by molar-refractivity contribution is 5.38. The zero-order valence-electron chi connectivity index (χ0n) is 25.3. The van der Waals surface area contributed by atoms with Crippen molar-refractivity contribution in [3.8, 4) is 0 Å². The summed E-state index contributed by atoms with van der Waals surface area (Å²) in [6.07, 6.45) is 11.2. The van der Waals surface area contributed by atoms with E-state index in [9.17, 15) is 27.1 Å². The van der Waals surface area contributed by atoms with Crippen LogP contribution >= 0.6 is 0 Å². The summed E-state index contributed by atoms with van der Waals surface area (Å²) in [5, 5.41) is 10.9.